The Hall–Kier alpha value is -0.920. The molecule has 1 saturated carbocycles. The number of hydrogen-bond acceptors (Lipinski definition) is 2. The van der Waals surface area contributed by atoms with E-state index in [1.54, 1.807) is 6.08 Å². The van der Waals surface area contributed by atoms with Gasteiger partial charge in [0.05, 0.1) is 0 Å². The van der Waals surface area contributed by atoms with Gasteiger partial charge in [-0.1, -0.05) is 20.8 Å². The van der Waals surface area contributed by atoms with Gasteiger partial charge in [0.1, 0.15) is 0 Å². The maximum absolute atomic E-state index is 12.0. The minimum absolute atomic E-state index is 0.0442. The summed E-state index contributed by atoms with van der Waals surface area (Å²) in [5.41, 5.74) is 0.769. The molecule has 0 saturated heterocycles. The first-order valence-corrected chi connectivity index (χ1v) is 6.23. The molecule has 2 rings (SSSR count). The fourth-order valence-electron chi connectivity index (χ4n) is 3.45. The topological polar surface area (TPSA) is 34.1 Å². The third kappa shape index (κ3) is 1.64. The number of allylic oxidation sites excluding steroid dienone is 2. The second-order valence-electron chi connectivity index (χ2n) is 5.77. The highest BCUT2D eigenvalue weighted by atomic mass is 16.1. The van der Waals surface area contributed by atoms with Crippen molar-refractivity contribution in [3.63, 3.8) is 0 Å². The molecule has 88 valence electrons. The normalized spacial score (nSPS) is 35.0. The van der Waals surface area contributed by atoms with Gasteiger partial charge in [-0.3, -0.25) is 9.59 Å². The van der Waals surface area contributed by atoms with Gasteiger partial charge in [0.15, 0.2) is 11.6 Å². The quantitative estimate of drug-likeness (QED) is 0.681. The van der Waals surface area contributed by atoms with Crippen LogP contribution in [-0.2, 0) is 9.59 Å². The van der Waals surface area contributed by atoms with Gasteiger partial charge in [-0.05, 0) is 36.2 Å². The van der Waals surface area contributed by atoms with E-state index in [4.69, 9.17) is 0 Å². The highest BCUT2D eigenvalue weighted by Gasteiger charge is 2.49. The van der Waals surface area contributed by atoms with E-state index in [1.807, 2.05) is 0 Å². The molecule has 0 bridgehead atoms. The fraction of sp³-hybridized carbons (Fsp3) is 0.714. The van der Waals surface area contributed by atoms with Crippen LogP contribution < -0.4 is 0 Å². The summed E-state index contributed by atoms with van der Waals surface area (Å²) in [6.45, 7) is 6.53. The Balaban J connectivity index is 2.44. The largest absolute Gasteiger partial charge is 0.295 e. The monoisotopic (exact) mass is 220 g/mol. The van der Waals surface area contributed by atoms with E-state index < -0.39 is 0 Å². The second kappa shape index (κ2) is 3.83. The number of hydrogen-bond donors (Lipinski definition) is 0. The summed E-state index contributed by atoms with van der Waals surface area (Å²) in [5, 5.41) is 0. The SMILES string of the molecule is CC(C)[C@H]1CC(=O)C2=CC(=O)CCC[C@@]21C. The Labute approximate surface area is 97.1 Å². The molecule has 0 N–H and O–H groups in total. The molecular weight excluding hydrogens is 200 g/mol. The Morgan fingerprint density at radius 2 is 2.06 bits per heavy atom. The maximum Gasteiger partial charge on any atom is 0.159 e. The molecule has 0 spiro atoms. The summed E-state index contributed by atoms with van der Waals surface area (Å²) < 4.78 is 0. The van der Waals surface area contributed by atoms with Crippen molar-refractivity contribution in [2.24, 2.45) is 17.3 Å². The standard InChI is InChI=1S/C14H20O2/c1-9(2)11-8-13(16)12-7-10(15)5-4-6-14(11,12)3/h7,9,11H,4-6,8H2,1-3H3/t11-,14-/m1/s1. The van der Waals surface area contributed by atoms with Crippen molar-refractivity contribution in [1.29, 1.82) is 0 Å². The molecule has 2 heteroatoms. The Morgan fingerprint density at radius 1 is 1.38 bits per heavy atom. The van der Waals surface area contributed by atoms with Crippen LogP contribution in [0.4, 0.5) is 0 Å². The molecule has 0 amide bonds. The van der Waals surface area contributed by atoms with Gasteiger partial charge in [-0.15, -0.1) is 0 Å². The molecule has 2 aliphatic carbocycles. The maximum atomic E-state index is 12.0. The van der Waals surface area contributed by atoms with Gasteiger partial charge in [0.25, 0.3) is 0 Å². The van der Waals surface area contributed by atoms with Crippen LogP contribution in [0.5, 0.6) is 0 Å². The van der Waals surface area contributed by atoms with Gasteiger partial charge < -0.3 is 0 Å². The van der Waals surface area contributed by atoms with Gasteiger partial charge in [0.2, 0.25) is 0 Å². The van der Waals surface area contributed by atoms with Crippen molar-refractivity contribution in [1.82, 2.24) is 0 Å². The smallest absolute Gasteiger partial charge is 0.159 e. The van der Waals surface area contributed by atoms with Crippen LogP contribution >= 0.6 is 0 Å². The zero-order chi connectivity index (χ0) is 11.9. The lowest BCUT2D eigenvalue weighted by Gasteiger charge is -2.33. The first-order valence-electron chi connectivity index (χ1n) is 6.23. The number of carbonyl (C=O) groups is 2. The molecule has 0 unspecified atom stereocenters. The first kappa shape index (κ1) is 11.6. The summed E-state index contributed by atoms with van der Waals surface area (Å²) in [6.07, 6.45) is 4.78. The summed E-state index contributed by atoms with van der Waals surface area (Å²) >= 11 is 0. The van der Waals surface area contributed by atoms with Crippen LogP contribution in [0.2, 0.25) is 0 Å². The number of rotatable bonds is 1. The number of fused-ring (bicyclic) bond motifs is 1. The second-order valence-corrected chi connectivity index (χ2v) is 5.77. The molecule has 0 aliphatic heterocycles. The predicted molar refractivity (Wildman–Crippen MR) is 63.0 cm³/mol. The van der Waals surface area contributed by atoms with Crippen molar-refractivity contribution in [3.8, 4) is 0 Å². The molecule has 2 nitrogen and oxygen atoms in total. The van der Waals surface area contributed by atoms with E-state index >= 15 is 0 Å². The van der Waals surface area contributed by atoms with Crippen LogP contribution in [0.1, 0.15) is 46.5 Å². The Bertz CT molecular complexity index is 365. The van der Waals surface area contributed by atoms with Gasteiger partial charge in [0, 0.05) is 18.4 Å². The van der Waals surface area contributed by atoms with E-state index in [0.717, 1.165) is 18.4 Å². The molecule has 2 aliphatic rings. The summed E-state index contributed by atoms with van der Waals surface area (Å²) in [6, 6.07) is 0. The van der Waals surface area contributed by atoms with E-state index in [-0.39, 0.29) is 17.0 Å². The van der Waals surface area contributed by atoms with Crippen molar-refractivity contribution >= 4 is 11.6 Å². The summed E-state index contributed by atoms with van der Waals surface area (Å²) in [7, 11) is 0. The lowest BCUT2D eigenvalue weighted by molar-refractivity contribution is -0.117. The average molecular weight is 220 g/mol. The zero-order valence-electron chi connectivity index (χ0n) is 10.4. The molecule has 0 aromatic heterocycles. The fourth-order valence-corrected chi connectivity index (χ4v) is 3.45. The van der Waals surface area contributed by atoms with Gasteiger partial charge in [-0.25, -0.2) is 0 Å². The number of carbonyl (C=O) groups excluding carboxylic acids is 2. The molecule has 16 heavy (non-hydrogen) atoms. The molecular formula is C14H20O2. The first-order chi connectivity index (χ1) is 7.45. The van der Waals surface area contributed by atoms with Crippen molar-refractivity contribution in [2.75, 3.05) is 0 Å². The molecule has 1 fully saturated rings. The Kier molecular flexibility index (Phi) is 2.77. The predicted octanol–water partition coefficient (Wildman–Crippen LogP) is 2.92. The lowest BCUT2D eigenvalue weighted by atomic mass is 9.70. The van der Waals surface area contributed by atoms with Gasteiger partial charge >= 0.3 is 0 Å². The molecule has 0 heterocycles. The zero-order valence-corrected chi connectivity index (χ0v) is 10.4. The van der Waals surface area contributed by atoms with Crippen LogP contribution in [-0.4, -0.2) is 11.6 Å². The van der Waals surface area contributed by atoms with E-state index in [1.165, 1.54) is 0 Å². The number of Topliss-reactive ketones (excluding diaryl/α,β-unsaturated/α-hetero) is 1. The third-order valence-electron chi connectivity index (χ3n) is 4.37. The molecule has 0 aromatic rings. The van der Waals surface area contributed by atoms with Crippen LogP contribution in [0.3, 0.4) is 0 Å². The highest BCUT2D eigenvalue weighted by Crippen LogP contribution is 2.52. The summed E-state index contributed by atoms with van der Waals surface area (Å²) in [5.74, 6) is 1.26. The van der Waals surface area contributed by atoms with E-state index in [9.17, 15) is 9.59 Å². The van der Waals surface area contributed by atoms with Crippen molar-refractivity contribution < 1.29 is 9.59 Å². The van der Waals surface area contributed by atoms with Crippen molar-refractivity contribution in [2.45, 2.75) is 46.5 Å². The Morgan fingerprint density at radius 3 is 2.69 bits per heavy atom. The van der Waals surface area contributed by atoms with Crippen LogP contribution in [0, 0.1) is 17.3 Å². The molecule has 0 aromatic carbocycles. The average Bonchev–Trinajstić information content (AvgIpc) is 2.35. The minimum atomic E-state index is -0.0442. The lowest BCUT2D eigenvalue weighted by Crippen LogP contribution is -2.27. The van der Waals surface area contributed by atoms with Crippen LogP contribution in [0.25, 0.3) is 0 Å². The minimum Gasteiger partial charge on any atom is -0.295 e. The summed E-state index contributed by atoms with van der Waals surface area (Å²) in [4.78, 5) is 23.6. The van der Waals surface area contributed by atoms with Gasteiger partial charge in [-0.2, -0.15) is 0 Å². The van der Waals surface area contributed by atoms with Crippen LogP contribution in [0.15, 0.2) is 11.6 Å². The van der Waals surface area contributed by atoms with Crippen molar-refractivity contribution in [3.05, 3.63) is 11.6 Å². The number of ketones is 2. The third-order valence-corrected chi connectivity index (χ3v) is 4.37. The van der Waals surface area contributed by atoms with E-state index in [0.29, 0.717) is 24.7 Å². The van der Waals surface area contributed by atoms with E-state index in [2.05, 4.69) is 20.8 Å². The molecule has 2 atom stereocenters. The highest BCUT2D eigenvalue weighted by molar-refractivity contribution is 6.06. The molecule has 0 radical (unpaired) electrons.